The van der Waals surface area contributed by atoms with E-state index < -0.39 is 0 Å². The van der Waals surface area contributed by atoms with Gasteiger partial charge in [0.25, 0.3) is 5.91 Å². The van der Waals surface area contributed by atoms with E-state index in [4.69, 9.17) is 14.6 Å². The Morgan fingerprint density at radius 2 is 2.16 bits per heavy atom. The molecule has 1 amide bonds. The second-order valence-electron chi connectivity index (χ2n) is 3.83. The lowest BCUT2D eigenvalue weighted by Gasteiger charge is -2.21. The molecule has 1 aromatic carbocycles. The van der Waals surface area contributed by atoms with Crippen molar-refractivity contribution in [3.63, 3.8) is 0 Å². The monoisotopic (exact) mass is 265 g/mol. The Kier molecular flexibility index (Phi) is 5.89. The maximum absolute atomic E-state index is 12.4. The molecule has 0 aliphatic heterocycles. The lowest BCUT2D eigenvalue weighted by molar-refractivity contribution is 0.0739. The Bertz CT molecular complexity index is 445. The molecule has 1 aromatic rings. The summed E-state index contributed by atoms with van der Waals surface area (Å²) in [5.41, 5.74) is 0.400. The van der Waals surface area contributed by atoms with E-state index in [0.717, 1.165) is 0 Å². The van der Waals surface area contributed by atoms with Crippen molar-refractivity contribution in [3.05, 3.63) is 36.4 Å². The van der Waals surface area contributed by atoms with Gasteiger partial charge in [0.2, 0.25) is 0 Å². The zero-order valence-corrected chi connectivity index (χ0v) is 11.3. The molecular formula is C14H19NO4. The van der Waals surface area contributed by atoms with Crippen LogP contribution in [0.15, 0.2) is 30.9 Å². The van der Waals surface area contributed by atoms with Crippen molar-refractivity contribution in [2.75, 3.05) is 33.9 Å². The number of nitrogens with zero attached hydrogens (tertiary/aromatic N) is 1. The zero-order valence-electron chi connectivity index (χ0n) is 11.3. The second kappa shape index (κ2) is 7.43. The van der Waals surface area contributed by atoms with Crippen LogP contribution < -0.4 is 9.47 Å². The van der Waals surface area contributed by atoms with E-state index in [1.165, 1.54) is 19.1 Å². The van der Waals surface area contributed by atoms with E-state index >= 15 is 0 Å². The topological polar surface area (TPSA) is 59.0 Å². The number of carbonyl (C=O) groups excluding carboxylic acids is 1. The van der Waals surface area contributed by atoms with Crippen LogP contribution in [-0.2, 0) is 0 Å². The molecule has 0 unspecified atom stereocenters. The van der Waals surface area contributed by atoms with Gasteiger partial charge < -0.3 is 19.5 Å². The van der Waals surface area contributed by atoms with Gasteiger partial charge in [-0.25, -0.2) is 0 Å². The Morgan fingerprint density at radius 1 is 1.42 bits per heavy atom. The van der Waals surface area contributed by atoms with Gasteiger partial charge >= 0.3 is 0 Å². The standard InChI is InChI=1S/C14H19NO4/c1-4-7-15(8-9-16)14(17)12-10-11(18-2)5-6-13(12)19-3/h4-6,10,16H,1,7-9H2,2-3H3. The molecule has 1 N–H and O–H groups in total. The third-order valence-corrected chi connectivity index (χ3v) is 2.64. The van der Waals surface area contributed by atoms with Crippen LogP contribution in [0.1, 0.15) is 10.4 Å². The summed E-state index contributed by atoms with van der Waals surface area (Å²) in [6.45, 7) is 4.10. The summed E-state index contributed by atoms with van der Waals surface area (Å²) in [7, 11) is 3.04. The molecule has 0 aromatic heterocycles. The molecule has 0 atom stereocenters. The van der Waals surface area contributed by atoms with Crippen LogP contribution in [0.3, 0.4) is 0 Å². The highest BCUT2D eigenvalue weighted by Crippen LogP contribution is 2.25. The van der Waals surface area contributed by atoms with Crippen molar-refractivity contribution in [3.8, 4) is 11.5 Å². The number of hydrogen-bond acceptors (Lipinski definition) is 4. The van der Waals surface area contributed by atoms with Crippen LogP contribution in [0, 0.1) is 0 Å². The first-order chi connectivity index (χ1) is 9.17. The maximum atomic E-state index is 12.4. The molecule has 5 nitrogen and oxygen atoms in total. The molecule has 0 fully saturated rings. The van der Waals surface area contributed by atoms with Crippen LogP contribution in [0.25, 0.3) is 0 Å². The lowest BCUT2D eigenvalue weighted by Crippen LogP contribution is -2.33. The lowest BCUT2D eigenvalue weighted by atomic mass is 10.1. The van der Waals surface area contributed by atoms with Gasteiger partial charge in [0.05, 0.1) is 26.4 Å². The molecule has 0 bridgehead atoms. The van der Waals surface area contributed by atoms with E-state index in [0.29, 0.717) is 23.6 Å². The number of aliphatic hydroxyl groups is 1. The van der Waals surface area contributed by atoms with Gasteiger partial charge in [-0.1, -0.05) is 6.08 Å². The SMILES string of the molecule is C=CCN(CCO)C(=O)c1cc(OC)ccc1OC. The summed E-state index contributed by atoms with van der Waals surface area (Å²) in [5.74, 6) is 0.814. The fraction of sp³-hybridized carbons (Fsp3) is 0.357. The fourth-order valence-electron chi connectivity index (χ4n) is 1.70. The van der Waals surface area contributed by atoms with E-state index in [9.17, 15) is 4.79 Å². The zero-order chi connectivity index (χ0) is 14.3. The van der Waals surface area contributed by atoms with Crippen LogP contribution >= 0.6 is 0 Å². The first kappa shape index (κ1) is 15.0. The normalized spacial score (nSPS) is 9.84. The number of benzene rings is 1. The van der Waals surface area contributed by atoms with Crippen molar-refractivity contribution >= 4 is 5.91 Å². The maximum Gasteiger partial charge on any atom is 0.258 e. The molecule has 0 aliphatic rings. The number of amides is 1. The molecule has 0 radical (unpaired) electrons. The number of hydrogen-bond donors (Lipinski definition) is 1. The molecule has 19 heavy (non-hydrogen) atoms. The predicted molar refractivity (Wildman–Crippen MR) is 72.7 cm³/mol. The third kappa shape index (κ3) is 3.72. The van der Waals surface area contributed by atoms with E-state index in [1.807, 2.05) is 0 Å². The van der Waals surface area contributed by atoms with Crippen LogP contribution in [0.5, 0.6) is 11.5 Å². The smallest absolute Gasteiger partial charge is 0.258 e. The van der Waals surface area contributed by atoms with Crippen molar-refractivity contribution in [1.82, 2.24) is 4.90 Å². The van der Waals surface area contributed by atoms with Gasteiger partial charge in [-0.05, 0) is 18.2 Å². The van der Waals surface area contributed by atoms with Crippen LogP contribution in [-0.4, -0.2) is 49.8 Å². The summed E-state index contributed by atoms with van der Waals surface area (Å²) in [6.07, 6.45) is 1.61. The summed E-state index contributed by atoms with van der Waals surface area (Å²) in [6, 6.07) is 5.02. The van der Waals surface area contributed by atoms with Crippen molar-refractivity contribution in [2.24, 2.45) is 0 Å². The second-order valence-corrected chi connectivity index (χ2v) is 3.83. The Morgan fingerprint density at radius 3 is 2.68 bits per heavy atom. The first-order valence-electron chi connectivity index (χ1n) is 5.91. The minimum Gasteiger partial charge on any atom is -0.497 e. The highest BCUT2D eigenvalue weighted by atomic mass is 16.5. The minimum atomic E-state index is -0.232. The summed E-state index contributed by atoms with van der Waals surface area (Å²) >= 11 is 0. The molecule has 0 heterocycles. The Balaban J connectivity index is 3.10. The number of ether oxygens (including phenoxy) is 2. The highest BCUT2D eigenvalue weighted by Gasteiger charge is 2.19. The quantitative estimate of drug-likeness (QED) is 0.755. The third-order valence-electron chi connectivity index (χ3n) is 2.64. The molecule has 0 spiro atoms. The van der Waals surface area contributed by atoms with Gasteiger partial charge in [-0.3, -0.25) is 4.79 Å². The highest BCUT2D eigenvalue weighted by molar-refractivity contribution is 5.97. The van der Waals surface area contributed by atoms with Gasteiger partial charge in [0.1, 0.15) is 11.5 Å². The average molecular weight is 265 g/mol. The summed E-state index contributed by atoms with van der Waals surface area (Å²) in [4.78, 5) is 13.9. The number of methoxy groups -OCH3 is 2. The van der Waals surface area contributed by atoms with Gasteiger partial charge in [-0.15, -0.1) is 6.58 Å². The van der Waals surface area contributed by atoms with Crippen molar-refractivity contribution in [2.45, 2.75) is 0 Å². The molecule has 0 aliphatic carbocycles. The fourth-order valence-corrected chi connectivity index (χ4v) is 1.70. The van der Waals surface area contributed by atoms with Gasteiger partial charge in [0.15, 0.2) is 0 Å². The van der Waals surface area contributed by atoms with Crippen molar-refractivity contribution < 1.29 is 19.4 Å². The molecule has 5 heteroatoms. The Hall–Kier alpha value is -2.01. The van der Waals surface area contributed by atoms with E-state index in [-0.39, 0.29) is 19.1 Å². The summed E-state index contributed by atoms with van der Waals surface area (Å²) < 4.78 is 10.3. The first-order valence-corrected chi connectivity index (χ1v) is 5.91. The van der Waals surface area contributed by atoms with E-state index in [2.05, 4.69) is 6.58 Å². The van der Waals surface area contributed by atoms with Crippen LogP contribution in [0.4, 0.5) is 0 Å². The van der Waals surface area contributed by atoms with Gasteiger partial charge in [0, 0.05) is 13.1 Å². The summed E-state index contributed by atoms with van der Waals surface area (Å²) in [5, 5.41) is 9.00. The number of aliphatic hydroxyl groups excluding tert-OH is 1. The average Bonchev–Trinajstić information content (AvgIpc) is 2.45. The molecule has 1 rings (SSSR count). The van der Waals surface area contributed by atoms with E-state index in [1.54, 1.807) is 24.3 Å². The van der Waals surface area contributed by atoms with Crippen LogP contribution in [0.2, 0.25) is 0 Å². The Labute approximate surface area is 113 Å². The molecule has 0 saturated heterocycles. The molecule has 104 valence electrons. The number of rotatable bonds is 7. The minimum absolute atomic E-state index is 0.105. The van der Waals surface area contributed by atoms with Gasteiger partial charge in [-0.2, -0.15) is 0 Å². The number of carbonyl (C=O) groups is 1. The molecule has 0 saturated carbocycles. The largest absolute Gasteiger partial charge is 0.497 e. The van der Waals surface area contributed by atoms with Crippen molar-refractivity contribution in [1.29, 1.82) is 0 Å². The molecular weight excluding hydrogens is 246 g/mol. The predicted octanol–water partition coefficient (Wildman–Crippen LogP) is 1.32.